The van der Waals surface area contributed by atoms with Crippen LogP contribution in [0.5, 0.6) is 5.88 Å². The number of nitrogens with zero attached hydrogens (tertiary/aromatic N) is 4. The Hall–Kier alpha value is -2.96. The van der Waals surface area contributed by atoms with Crippen LogP contribution in [-0.4, -0.2) is 39.2 Å². The molecule has 0 saturated heterocycles. The molecule has 0 aromatic carbocycles. The summed E-state index contributed by atoms with van der Waals surface area (Å²) in [4.78, 5) is 25.8. The smallest absolute Gasteiger partial charge is 0.302 e. The van der Waals surface area contributed by atoms with E-state index < -0.39 is 0 Å². The molecule has 0 aliphatic rings. The average Bonchev–Trinajstić information content (AvgIpc) is 3.02. The van der Waals surface area contributed by atoms with Gasteiger partial charge in [0, 0.05) is 18.8 Å². The quantitative estimate of drug-likeness (QED) is 0.523. The first-order valence-electron chi connectivity index (χ1n) is 10.3. The number of fused-ring (bicyclic) bond motifs is 1. The Labute approximate surface area is 177 Å². The molecule has 0 N–H and O–H groups in total. The van der Waals surface area contributed by atoms with Gasteiger partial charge in [-0.1, -0.05) is 20.8 Å². The molecule has 0 amide bonds. The standard InChI is InChI=1S/C23H30N4O3/c1-8-17(12-30-16(6)28)27-11-14(4)20-22(27)24-15(5)21(26-20)18-9-10-19(13(2)3)25-23(18)29-7/h9-11,13,17H,8,12H2,1-7H3/t17-/m1/s1. The normalized spacial score (nSPS) is 12.4. The second kappa shape index (κ2) is 8.81. The van der Waals surface area contributed by atoms with E-state index >= 15 is 0 Å². The molecule has 160 valence electrons. The number of rotatable bonds is 7. The molecule has 3 aromatic heterocycles. The minimum Gasteiger partial charge on any atom is -0.480 e. The highest BCUT2D eigenvalue weighted by Crippen LogP contribution is 2.33. The number of ether oxygens (including phenoxy) is 2. The third-order valence-electron chi connectivity index (χ3n) is 5.27. The number of aromatic nitrogens is 4. The molecule has 0 spiro atoms. The minimum absolute atomic E-state index is 0.00572. The van der Waals surface area contributed by atoms with Gasteiger partial charge >= 0.3 is 5.97 Å². The van der Waals surface area contributed by atoms with Crippen molar-refractivity contribution in [2.24, 2.45) is 0 Å². The van der Waals surface area contributed by atoms with Crippen molar-refractivity contribution in [3.8, 4) is 17.1 Å². The summed E-state index contributed by atoms with van der Waals surface area (Å²) < 4.78 is 12.9. The maximum absolute atomic E-state index is 11.3. The number of methoxy groups -OCH3 is 1. The van der Waals surface area contributed by atoms with Crippen LogP contribution in [0.2, 0.25) is 0 Å². The summed E-state index contributed by atoms with van der Waals surface area (Å²) in [6, 6.07) is 4.02. The number of pyridine rings is 1. The SMILES string of the molecule is CC[C@H](COC(C)=O)n1cc(C)c2nc(-c3ccc(C(C)C)nc3OC)c(C)nc21. The molecule has 0 bridgehead atoms. The summed E-state index contributed by atoms with van der Waals surface area (Å²) in [6.45, 7) is 12.0. The fraction of sp³-hybridized carbons (Fsp3) is 0.478. The molecule has 0 radical (unpaired) electrons. The van der Waals surface area contributed by atoms with Gasteiger partial charge in [-0.15, -0.1) is 0 Å². The van der Waals surface area contributed by atoms with E-state index in [2.05, 4.69) is 30.3 Å². The van der Waals surface area contributed by atoms with Gasteiger partial charge in [0.1, 0.15) is 12.1 Å². The molecule has 0 aliphatic heterocycles. The molecule has 0 fully saturated rings. The molecular formula is C23H30N4O3. The van der Waals surface area contributed by atoms with Gasteiger partial charge in [-0.05, 0) is 43.9 Å². The van der Waals surface area contributed by atoms with Crippen LogP contribution in [0.4, 0.5) is 0 Å². The monoisotopic (exact) mass is 410 g/mol. The lowest BCUT2D eigenvalue weighted by molar-refractivity contribution is -0.142. The third-order valence-corrected chi connectivity index (χ3v) is 5.27. The Morgan fingerprint density at radius 2 is 1.90 bits per heavy atom. The molecule has 0 unspecified atom stereocenters. The van der Waals surface area contributed by atoms with E-state index in [0.717, 1.165) is 45.8 Å². The largest absolute Gasteiger partial charge is 0.480 e. The van der Waals surface area contributed by atoms with Crippen molar-refractivity contribution in [1.29, 1.82) is 0 Å². The fourth-order valence-corrected chi connectivity index (χ4v) is 3.54. The molecule has 30 heavy (non-hydrogen) atoms. The Kier molecular flexibility index (Phi) is 6.39. The second-order valence-corrected chi connectivity index (χ2v) is 7.86. The fourth-order valence-electron chi connectivity index (χ4n) is 3.54. The van der Waals surface area contributed by atoms with Gasteiger partial charge in [0.15, 0.2) is 5.65 Å². The van der Waals surface area contributed by atoms with Crippen LogP contribution >= 0.6 is 0 Å². The van der Waals surface area contributed by atoms with E-state index in [1.54, 1.807) is 7.11 Å². The number of aryl methyl sites for hydroxylation is 2. The predicted molar refractivity (Wildman–Crippen MR) is 117 cm³/mol. The van der Waals surface area contributed by atoms with Crippen molar-refractivity contribution in [2.45, 2.75) is 59.9 Å². The molecule has 1 atom stereocenters. The van der Waals surface area contributed by atoms with E-state index in [1.165, 1.54) is 6.92 Å². The number of carbonyl (C=O) groups is 1. The van der Waals surface area contributed by atoms with E-state index in [9.17, 15) is 4.79 Å². The minimum atomic E-state index is -0.282. The zero-order valence-electron chi connectivity index (χ0n) is 18.8. The predicted octanol–water partition coefficient (Wildman–Crippen LogP) is 4.76. The van der Waals surface area contributed by atoms with Crippen LogP contribution in [0, 0.1) is 13.8 Å². The summed E-state index contributed by atoms with van der Waals surface area (Å²) >= 11 is 0. The van der Waals surface area contributed by atoms with Crippen molar-refractivity contribution in [2.75, 3.05) is 13.7 Å². The van der Waals surface area contributed by atoms with Crippen LogP contribution < -0.4 is 4.74 Å². The summed E-state index contributed by atoms with van der Waals surface area (Å²) in [5, 5.41) is 0. The van der Waals surface area contributed by atoms with Crippen molar-refractivity contribution >= 4 is 17.1 Å². The van der Waals surface area contributed by atoms with Gasteiger partial charge in [0.25, 0.3) is 0 Å². The third kappa shape index (κ3) is 4.15. The van der Waals surface area contributed by atoms with Crippen LogP contribution in [0.25, 0.3) is 22.4 Å². The maximum Gasteiger partial charge on any atom is 0.302 e. The molecule has 0 saturated carbocycles. The van der Waals surface area contributed by atoms with Crippen molar-refractivity contribution < 1.29 is 14.3 Å². The molecule has 7 heteroatoms. The molecule has 7 nitrogen and oxygen atoms in total. The first-order chi connectivity index (χ1) is 14.3. The molecular weight excluding hydrogens is 380 g/mol. The van der Waals surface area contributed by atoms with Gasteiger partial charge in [-0.25, -0.2) is 15.0 Å². The number of esters is 1. The van der Waals surface area contributed by atoms with E-state index in [1.807, 2.05) is 32.2 Å². The lowest BCUT2D eigenvalue weighted by Gasteiger charge is -2.18. The van der Waals surface area contributed by atoms with Crippen molar-refractivity contribution in [1.82, 2.24) is 19.5 Å². The summed E-state index contributed by atoms with van der Waals surface area (Å²) in [5.74, 6) is 0.578. The van der Waals surface area contributed by atoms with Gasteiger partial charge < -0.3 is 14.0 Å². The van der Waals surface area contributed by atoms with Gasteiger partial charge in [0.05, 0.1) is 30.1 Å². The lowest BCUT2D eigenvalue weighted by Crippen LogP contribution is -2.16. The summed E-state index contributed by atoms with van der Waals surface area (Å²) in [7, 11) is 1.62. The van der Waals surface area contributed by atoms with Crippen molar-refractivity contribution in [3.63, 3.8) is 0 Å². The molecule has 3 heterocycles. The number of carbonyl (C=O) groups excluding carboxylic acids is 1. The lowest BCUT2D eigenvalue weighted by atomic mass is 10.1. The van der Waals surface area contributed by atoms with Crippen LogP contribution in [-0.2, 0) is 9.53 Å². The molecule has 3 rings (SSSR count). The second-order valence-electron chi connectivity index (χ2n) is 7.86. The summed E-state index contributed by atoms with van der Waals surface area (Å²) in [5.41, 5.74) is 5.99. The highest BCUT2D eigenvalue weighted by Gasteiger charge is 2.21. The van der Waals surface area contributed by atoms with Gasteiger partial charge in [0.2, 0.25) is 5.88 Å². The van der Waals surface area contributed by atoms with Crippen molar-refractivity contribution in [3.05, 3.63) is 35.3 Å². The summed E-state index contributed by atoms with van der Waals surface area (Å²) in [6.07, 6.45) is 2.84. The van der Waals surface area contributed by atoms with Gasteiger partial charge in [-0.2, -0.15) is 0 Å². The maximum atomic E-state index is 11.3. The van der Waals surface area contributed by atoms with Crippen LogP contribution in [0.3, 0.4) is 0 Å². The Bertz CT molecular complexity index is 1070. The van der Waals surface area contributed by atoms with Crippen LogP contribution in [0.1, 0.15) is 63.0 Å². The average molecular weight is 411 g/mol. The Balaban J connectivity index is 2.11. The zero-order chi connectivity index (χ0) is 22.0. The van der Waals surface area contributed by atoms with E-state index in [-0.39, 0.29) is 12.0 Å². The molecule has 0 aliphatic carbocycles. The number of hydrogen-bond acceptors (Lipinski definition) is 6. The Morgan fingerprint density at radius 3 is 2.50 bits per heavy atom. The highest BCUT2D eigenvalue weighted by molar-refractivity contribution is 5.81. The Morgan fingerprint density at radius 1 is 1.17 bits per heavy atom. The molecule has 3 aromatic rings. The number of hydrogen-bond donors (Lipinski definition) is 0. The zero-order valence-corrected chi connectivity index (χ0v) is 18.8. The van der Waals surface area contributed by atoms with Crippen LogP contribution in [0.15, 0.2) is 18.3 Å². The highest BCUT2D eigenvalue weighted by atomic mass is 16.5. The van der Waals surface area contributed by atoms with E-state index in [4.69, 9.17) is 19.4 Å². The van der Waals surface area contributed by atoms with E-state index in [0.29, 0.717) is 18.4 Å². The first-order valence-corrected chi connectivity index (χ1v) is 10.3. The topological polar surface area (TPSA) is 79.1 Å². The first kappa shape index (κ1) is 21.7. The van der Waals surface area contributed by atoms with Gasteiger partial charge in [-0.3, -0.25) is 4.79 Å².